The van der Waals surface area contributed by atoms with Crippen molar-refractivity contribution >= 4 is 34.8 Å². The molecule has 4 amide bonds. The Labute approximate surface area is 365 Å². The van der Waals surface area contributed by atoms with Gasteiger partial charge in [-0.15, -0.1) is 0 Å². The van der Waals surface area contributed by atoms with E-state index in [1.807, 2.05) is 55.3 Å². The van der Waals surface area contributed by atoms with Gasteiger partial charge in [-0.1, -0.05) is 68.4 Å². The summed E-state index contributed by atoms with van der Waals surface area (Å²) in [5, 5.41) is 7.48. The molecule has 3 aromatic carbocycles. The highest BCUT2D eigenvalue weighted by Crippen LogP contribution is 2.39. The number of H-pyrrole nitrogens is 2. The summed E-state index contributed by atoms with van der Waals surface area (Å²) in [6.45, 7) is 4.98. The molecule has 0 saturated carbocycles. The van der Waals surface area contributed by atoms with E-state index in [-0.39, 0.29) is 29.8 Å². The van der Waals surface area contributed by atoms with E-state index in [0.717, 1.165) is 94.6 Å². The molecule has 63 heavy (non-hydrogen) atoms. The summed E-state index contributed by atoms with van der Waals surface area (Å²) in [5.41, 5.74) is 8.63. The number of hydrogen-bond donors (Lipinski definition) is 4. The van der Waals surface area contributed by atoms with Crippen molar-refractivity contribution in [3.63, 3.8) is 0 Å². The van der Waals surface area contributed by atoms with Gasteiger partial charge >= 0.3 is 12.2 Å². The lowest BCUT2D eigenvalue weighted by Crippen LogP contribution is -2.51. The zero-order chi connectivity index (χ0) is 43.8. The van der Waals surface area contributed by atoms with Gasteiger partial charge in [-0.3, -0.25) is 14.6 Å². The number of carbonyl (C=O) groups excluding carboxylic acids is 4. The Kier molecular flexibility index (Phi) is 11.4. The number of methoxy groups -OCH3 is 2. The maximum Gasteiger partial charge on any atom is 0.407 e. The molecule has 15 heteroatoms. The number of pyridine rings is 1. The summed E-state index contributed by atoms with van der Waals surface area (Å²) in [7, 11) is 2.58. The van der Waals surface area contributed by atoms with Crippen molar-refractivity contribution in [3.05, 3.63) is 114 Å². The summed E-state index contributed by atoms with van der Waals surface area (Å²) >= 11 is 0. The van der Waals surface area contributed by atoms with Crippen LogP contribution < -0.4 is 10.6 Å². The molecular weight excluding hydrogens is 799 g/mol. The lowest BCUT2D eigenvalue weighted by atomic mass is 9.90. The molecule has 1 aliphatic carbocycles. The fourth-order valence-electron chi connectivity index (χ4n) is 9.34. The van der Waals surface area contributed by atoms with Crippen molar-refractivity contribution in [2.75, 3.05) is 27.3 Å². The molecule has 5 heterocycles. The van der Waals surface area contributed by atoms with E-state index >= 15 is 0 Å². The number of hydrogen-bond acceptors (Lipinski definition) is 9. The van der Waals surface area contributed by atoms with Crippen LogP contribution >= 0.6 is 0 Å². The molecule has 324 valence electrons. The number of aromatic amines is 2. The first-order valence-electron chi connectivity index (χ1n) is 21.6. The third kappa shape index (κ3) is 8.10. The topological polar surface area (TPSA) is 188 Å². The summed E-state index contributed by atoms with van der Waals surface area (Å²) in [6.07, 6.45) is 7.27. The van der Waals surface area contributed by atoms with Crippen molar-refractivity contribution < 1.29 is 28.7 Å². The molecule has 0 spiro atoms. The van der Waals surface area contributed by atoms with Crippen LogP contribution in [0.15, 0.2) is 85.2 Å². The van der Waals surface area contributed by atoms with Crippen molar-refractivity contribution in [1.82, 2.24) is 45.4 Å². The Morgan fingerprint density at radius 2 is 1.44 bits per heavy atom. The average molecular weight is 850 g/mol. The summed E-state index contributed by atoms with van der Waals surface area (Å²) in [4.78, 5) is 77.5. The van der Waals surface area contributed by atoms with Crippen LogP contribution in [0.25, 0.3) is 44.5 Å². The molecule has 4 atom stereocenters. The van der Waals surface area contributed by atoms with Crippen molar-refractivity contribution in [2.24, 2.45) is 5.92 Å². The number of ether oxygens (including phenoxy) is 2. The number of amides is 4. The smallest absolute Gasteiger partial charge is 0.407 e. The van der Waals surface area contributed by atoms with Gasteiger partial charge < -0.3 is 39.9 Å². The second-order valence-electron chi connectivity index (χ2n) is 16.9. The fraction of sp³-hybridized carbons (Fsp3) is 0.354. The number of fused-ring (bicyclic) bond motifs is 4. The number of nitrogens with one attached hydrogen (secondary N) is 4. The van der Waals surface area contributed by atoms with E-state index in [9.17, 15) is 19.2 Å². The first-order chi connectivity index (χ1) is 30.6. The van der Waals surface area contributed by atoms with Crippen LogP contribution in [0.4, 0.5) is 9.59 Å². The van der Waals surface area contributed by atoms with Crippen LogP contribution in [0.5, 0.6) is 0 Å². The molecule has 2 fully saturated rings. The number of aryl methyl sites for hydroxylation is 2. The number of alkyl carbamates (subject to hydrolysis) is 2. The minimum atomic E-state index is -0.887. The Morgan fingerprint density at radius 1 is 0.730 bits per heavy atom. The quantitative estimate of drug-likeness (QED) is 0.108. The van der Waals surface area contributed by atoms with Gasteiger partial charge in [0.25, 0.3) is 5.91 Å². The SMILES string of the molecule is COC(=O)N[C@H](C(=O)N1CCC[C@H]1c1nc2c([nH]1)CCc1cc(-c3cc4ccc(-c5cnc([C@@H]6CCCN6C(=O)[C@H](NC(=O)OC)c6ccccc6)[nH]5)cc4cn3)ccc1-2)C(C)C. The van der Waals surface area contributed by atoms with Crippen LogP contribution in [0.2, 0.25) is 0 Å². The Balaban J connectivity index is 0.906. The molecule has 2 saturated heterocycles. The largest absolute Gasteiger partial charge is 0.453 e. The molecular formula is C48H51N9O6. The van der Waals surface area contributed by atoms with Crippen molar-refractivity contribution in [1.29, 1.82) is 0 Å². The lowest BCUT2D eigenvalue weighted by molar-refractivity contribution is -0.135. The lowest BCUT2D eigenvalue weighted by Gasteiger charge is -2.30. The van der Waals surface area contributed by atoms with E-state index in [4.69, 9.17) is 24.4 Å². The predicted octanol–water partition coefficient (Wildman–Crippen LogP) is 7.59. The number of likely N-dealkylation sites (tertiary alicyclic amines) is 2. The van der Waals surface area contributed by atoms with E-state index in [1.165, 1.54) is 19.8 Å². The van der Waals surface area contributed by atoms with Crippen molar-refractivity contribution in [3.8, 4) is 33.8 Å². The minimum absolute atomic E-state index is 0.107. The number of aromatic nitrogens is 5. The van der Waals surface area contributed by atoms with Crippen LogP contribution in [-0.4, -0.2) is 92.1 Å². The maximum atomic E-state index is 14.0. The third-order valence-electron chi connectivity index (χ3n) is 12.6. The normalized spacial score (nSPS) is 17.9. The second kappa shape index (κ2) is 17.4. The van der Waals surface area contributed by atoms with Crippen LogP contribution in [0.3, 0.4) is 0 Å². The fourth-order valence-corrected chi connectivity index (χ4v) is 9.34. The number of imidazole rings is 2. The van der Waals surface area contributed by atoms with E-state index in [2.05, 4.69) is 63.1 Å². The molecule has 9 rings (SSSR count). The van der Waals surface area contributed by atoms with Gasteiger partial charge in [0.1, 0.15) is 23.7 Å². The predicted molar refractivity (Wildman–Crippen MR) is 236 cm³/mol. The highest BCUT2D eigenvalue weighted by atomic mass is 16.5. The highest BCUT2D eigenvalue weighted by Gasteiger charge is 2.39. The molecule has 0 bridgehead atoms. The van der Waals surface area contributed by atoms with Gasteiger partial charge in [0.2, 0.25) is 5.91 Å². The molecule has 0 unspecified atom stereocenters. The molecule has 0 radical (unpaired) electrons. The summed E-state index contributed by atoms with van der Waals surface area (Å²) in [5.74, 6) is 1.03. The summed E-state index contributed by atoms with van der Waals surface area (Å²) in [6, 6.07) is 21.9. The third-order valence-corrected chi connectivity index (χ3v) is 12.6. The van der Waals surface area contributed by atoms with Crippen LogP contribution in [-0.2, 0) is 31.9 Å². The van der Waals surface area contributed by atoms with Crippen LogP contribution in [0, 0.1) is 5.92 Å². The van der Waals surface area contributed by atoms with E-state index in [0.29, 0.717) is 24.5 Å². The number of carbonyl (C=O) groups is 4. The van der Waals surface area contributed by atoms with Gasteiger partial charge in [-0.05, 0) is 79.2 Å². The zero-order valence-corrected chi connectivity index (χ0v) is 35.8. The summed E-state index contributed by atoms with van der Waals surface area (Å²) < 4.78 is 9.64. The maximum absolute atomic E-state index is 14.0. The Bertz CT molecular complexity index is 2690. The standard InChI is InChI=1S/C48H51N9O6/c1-27(2)40(54-47(60)62-3)45(58)57-21-9-13-39(57)44-51-35-19-17-30-22-31(16-18-34(30)42(35)53-44)36-24-29-14-15-32(23-33(29)25-49-36)37-26-50-43(52-37)38-12-8-20-56(38)46(59)41(55-48(61)63-4)28-10-6-5-7-11-28/h5-7,10-11,14-16,18,22-27,38-41H,8-9,12-13,17,19-21H2,1-4H3,(H,50,52)(H,51,53)(H,54,60)(H,55,61)/t38-,39-,40-,41+/m0/s1. The van der Waals surface area contributed by atoms with Gasteiger partial charge in [-0.2, -0.15) is 0 Å². The second-order valence-corrected chi connectivity index (χ2v) is 16.9. The minimum Gasteiger partial charge on any atom is -0.453 e. The van der Waals surface area contributed by atoms with E-state index in [1.54, 1.807) is 11.1 Å². The highest BCUT2D eigenvalue weighted by molar-refractivity contribution is 5.90. The molecule has 15 nitrogen and oxygen atoms in total. The number of rotatable bonds is 10. The zero-order valence-electron chi connectivity index (χ0n) is 35.8. The Morgan fingerprint density at radius 3 is 2.19 bits per heavy atom. The van der Waals surface area contributed by atoms with Crippen LogP contribution in [0.1, 0.15) is 86.1 Å². The van der Waals surface area contributed by atoms with Gasteiger partial charge in [-0.25, -0.2) is 19.6 Å². The average Bonchev–Trinajstić information content (AvgIpc) is 4.16. The van der Waals surface area contributed by atoms with E-state index < -0.39 is 24.3 Å². The van der Waals surface area contributed by atoms with Gasteiger partial charge in [0, 0.05) is 47.1 Å². The van der Waals surface area contributed by atoms with Crippen molar-refractivity contribution in [2.45, 2.75) is 76.5 Å². The molecule has 3 aliphatic rings. The molecule has 6 aromatic rings. The first kappa shape index (κ1) is 41.3. The first-order valence-corrected chi connectivity index (χ1v) is 21.6. The Hall–Kier alpha value is -7.03. The monoisotopic (exact) mass is 849 g/mol. The van der Waals surface area contributed by atoms with Gasteiger partial charge in [0.15, 0.2) is 0 Å². The molecule has 3 aromatic heterocycles. The number of benzene rings is 3. The number of nitrogens with zero attached hydrogens (tertiary/aromatic N) is 5. The van der Waals surface area contributed by atoms with Gasteiger partial charge in [0.05, 0.1) is 49.6 Å². The molecule has 2 aliphatic heterocycles. The molecule has 4 N–H and O–H groups in total.